The minimum atomic E-state index is 0.191. The monoisotopic (exact) mass is 457 g/mol. The van der Waals surface area contributed by atoms with E-state index in [0.29, 0.717) is 13.0 Å². The molecule has 0 saturated carbocycles. The molecule has 0 fully saturated rings. The standard InChI is InChI=1S/C31H55NO/c1-2-3-4-5-6-7-8-9-10-11-12-13-14-15-16-17-18-19-20-21-25-28-31(33)32-29-30-26-23-22-24-27-30/h22-24,26-27H,2-21,25,28-29H2,1H3,(H,32,33). The fourth-order valence-electron chi connectivity index (χ4n) is 4.60. The number of hydrogen-bond acceptors (Lipinski definition) is 1. The van der Waals surface area contributed by atoms with Crippen molar-refractivity contribution in [1.82, 2.24) is 5.32 Å². The first-order valence-electron chi connectivity index (χ1n) is 14.6. The quantitative estimate of drug-likeness (QED) is 0.154. The molecule has 0 heterocycles. The highest BCUT2D eigenvalue weighted by molar-refractivity contribution is 5.75. The number of carbonyl (C=O) groups is 1. The zero-order valence-corrected chi connectivity index (χ0v) is 22.1. The fraction of sp³-hybridized carbons (Fsp3) is 0.774. The maximum absolute atomic E-state index is 11.9. The van der Waals surface area contributed by atoms with Crippen LogP contribution in [0.5, 0.6) is 0 Å². The van der Waals surface area contributed by atoms with Crippen LogP contribution in [0, 0.1) is 0 Å². The molecule has 1 aromatic rings. The van der Waals surface area contributed by atoms with Gasteiger partial charge >= 0.3 is 0 Å². The molecule has 0 radical (unpaired) electrons. The first-order chi connectivity index (χ1) is 16.3. The fourth-order valence-corrected chi connectivity index (χ4v) is 4.60. The summed E-state index contributed by atoms with van der Waals surface area (Å²) in [5.41, 5.74) is 1.17. The Hall–Kier alpha value is -1.31. The molecule has 0 aliphatic rings. The average Bonchev–Trinajstić information content (AvgIpc) is 2.84. The van der Waals surface area contributed by atoms with E-state index in [2.05, 4.69) is 24.4 Å². The van der Waals surface area contributed by atoms with Crippen LogP contribution < -0.4 is 5.32 Å². The number of carbonyl (C=O) groups excluding carboxylic acids is 1. The summed E-state index contributed by atoms with van der Waals surface area (Å²) >= 11 is 0. The molecule has 1 aromatic carbocycles. The van der Waals surface area contributed by atoms with Gasteiger partial charge in [0.25, 0.3) is 0 Å². The van der Waals surface area contributed by atoms with Crippen LogP contribution in [0.1, 0.15) is 154 Å². The molecule has 0 aliphatic heterocycles. The first kappa shape index (κ1) is 29.7. The van der Waals surface area contributed by atoms with Crippen molar-refractivity contribution in [3.05, 3.63) is 35.9 Å². The van der Waals surface area contributed by atoms with Gasteiger partial charge in [-0.15, -0.1) is 0 Å². The summed E-state index contributed by atoms with van der Waals surface area (Å²) in [5, 5.41) is 3.02. The molecule has 0 unspecified atom stereocenters. The number of rotatable bonds is 24. The molecular formula is C31H55NO. The normalized spacial score (nSPS) is 11.1. The number of amides is 1. The van der Waals surface area contributed by atoms with Crippen LogP contribution in [0.2, 0.25) is 0 Å². The third kappa shape index (κ3) is 21.0. The highest BCUT2D eigenvalue weighted by Crippen LogP contribution is 2.15. The van der Waals surface area contributed by atoms with Crippen LogP contribution in [0.4, 0.5) is 0 Å². The van der Waals surface area contributed by atoms with Gasteiger partial charge in [-0.3, -0.25) is 4.79 Å². The Morgan fingerprint density at radius 1 is 0.545 bits per heavy atom. The topological polar surface area (TPSA) is 29.1 Å². The lowest BCUT2D eigenvalue weighted by molar-refractivity contribution is -0.121. The van der Waals surface area contributed by atoms with Gasteiger partial charge in [-0.2, -0.15) is 0 Å². The number of benzene rings is 1. The van der Waals surface area contributed by atoms with Gasteiger partial charge in [0, 0.05) is 13.0 Å². The van der Waals surface area contributed by atoms with Gasteiger partial charge in [0.05, 0.1) is 0 Å². The van der Waals surface area contributed by atoms with E-state index >= 15 is 0 Å². The molecule has 2 heteroatoms. The summed E-state index contributed by atoms with van der Waals surface area (Å²) in [6.45, 7) is 2.95. The summed E-state index contributed by atoms with van der Waals surface area (Å²) in [6, 6.07) is 10.1. The van der Waals surface area contributed by atoms with Crippen LogP contribution in [-0.2, 0) is 11.3 Å². The molecule has 0 aromatic heterocycles. The summed E-state index contributed by atoms with van der Waals surface area (Å²) < 4.78 is 0. The predicted molar refractivity (Wildman–Crippen MR) is 146 cm³/mol. The lowest BCUT2D eigenvalue weighted by Gasteiger charge is -2.06. The predicted octanol–water partition coefficient (Wildman–Crippen LogP) is 9.90. The minimum absolute atomic E-state index is 0.191. The van der Waals surface area contributed by atoms with Crippen LogP contribution in [0.25, 0.3) is 0 Å². The Morgan fingerprint density at radius 2 is 0.909 bits per heavy atom. The summed E-state index contributed by atoms with van der Waals surface area (Å²) in [6.07, 6.45) is 30.0. The van der Waals surface area contributed by atoms with Crippen LogP contribution in [0.15, 0.2) is 30.3 Å². The molecular weight excluding hydrogens is 402 g/mol. The zero-order chi connectivity index (χ0) is 23.7. The van der Waals surface area contributed by atoms with Gasteiger partial charge in [0.1, 0.15) is 0 Å². The lowest BCUT2D eigenvalue weighted by Crippen LogP contribution is -2.22. The van der Waals surface area contributed by atoms with E-state index in [-0.39, 0.29) is 5.91 Å². The first-order valence-corrected chi connectivity index (χ1v) is 14.6. The van der Waals surface area contributed by atoms with E-state index in [1.807, 2.05) is 18.2 Å². The van der Waals surface area contributed by atoms with Crippen LogP contribution in [0.3, 0.4) is 0 Å². The van der Waals surface area contributed by atoms with E-state index in [1.165, 1.54) is 134 Å². The van der Waals surface area contributed by atoms with Crippen molar-refractivity contribution in [2.24, 2.45) is 0 Å². The van der Waals surface area contributed by atoms with Gasteiger partial charge in [0.15, 0.2) is 0 Å². The molecule has 0 spiro atoms. The molecule has 1 amide bonds. The molecule has 190 valence electrons. The number of hydrogen-bond donors (Lipinski definition) is 1. The maximum Gasteiger partial charge on any atom is 0.220 e. The van der Waals surface area contributed by atoms with Crippen molar-refractivity contribution in [2.75, 3.05) is 0 Å². The SMILES string of the molecule is CCCCCCCCCCCCCCCCCCCCCCCC(=O)NCc1ccccc1. The Balaban J connectivity index is 1.70. The largest absolute Gasteiger partial charge is 0.352 e. The maximum atomic E-state index is 11.9. The minimum Gasteiger partial charge on any atom is -0.352 e. The van der Waals surface area contributed by atoms with E-state index < -0.39 is 0 Å². The summed E-state index contributed by atoms with van der Waals surface area (Å²) in [4.78, 5) is 11.9. The lowest BCUT2D eigenvalue weighted by atomic mass is 10.0. The molecule has 0 aliphatic carbocycles. The van der Waals surface area contributed by atoms with E-state index in [9.17, 15) is 4.79 Å². The Bertz CT molecular complexity index is 527. The average molecular weight is 458 g/mol. The summed E-state index contributed by atoms with van der Waals surface area (Å²) in [5.74, 6) is 0.191. The molecule has 0 bridgehead atoms. The zero-order valence-electron chi connectivity index (χ0n) is 22.1. The number of nitrogens with one attached hydrogen (secondary N) is 1. The molecule has 0 saturated heterocycles. The van der Waals surface area contributed by atoms with Gasteiger partial charge in [-0.05, 0) is 12.0 Å². The van der Waals surface area contributed by atoms with Crippen molar-refractivity contribution in [1.29, 1.82) is 0 Å². The summed E-state index contributed by atoms with van der Waals surface area (Å²) in [7, 11) is 0. The second kappa shape index (κ2) is 23.8. The van der Waals surface area contributed by atoms with Crippen molar-refractivity contribution >= 4 is 5.91 Å². The van der Waals surface area contributed by atoms with E-state index in [1.54, 1.807) is 0 Å². The smallest absolute Gasteiger partial charge is 0.220 e. The van der Waals surface area contributed by atoms with Crippen LogP contribution in [-0.4, -0.2) is 5.91 Å². The Morgan fingerprint density at radius 3 is 1.30 bits per heavy atom. The highest BCUT2D eigenvalue weighted by Gasteiger charge is 2.01. The van der Waals surface area contributed by atoms with Crippen molar-refractivity contribution in [3.63, 3.8) is 0 Å². The Labute approximate surface area is 206 Å². The van der Waals surface area contributed by atoms with Gasteiger partial charge in [-0.25, -0.2) is 0 Å². The van der Waals surface area contributed by atoms with E-state index in [0.717, 1.165) is 6.42 Å². The van der Waals surface area contributed by atoms with E-state index in [4.69, 9.17) is 0 Å². The second-order valence-corrected chi connectivity index (χ2v) is 10.1. The van der Waals surface area contributed by atoms with Crippen molar-refractivity contribution < 1.29 is 4.79 Å². The molecule has 0 atom stereocenters. The molecule has 33 heavy (non-hydrogen) atoms. The highest BCUT2D eigenvalue weighted by atomic mass is 16.1. The van der Waals surface area contributed by atoms with Gasteiger partial charge in [0.2, 0.25) is 5.91 Å². The van der Waals surface area contributed by atoms with Gasteiger partial charge < -0.3 is 5.32 Å². The molecule has 1 N–H and O–H groups in total. The third-order valence-electron chi connectivity index (χ3n) is 6.84. The van der Waals surface area contributed by atoms with Crippen LogP contribution >= 0.6 is 0 Å². The molecule has 1 rings (SSSR count). The Kier molecular flexibility index (Phi) is 21.5. The second-order valence-electron chi connectivity index (χ2n) is 10.1. The van der Waals surface area contributed by atoms with Crippen molar-refractivity contribution in [2.45, 2.75) is 155 Å². The molecule has 2 nitrogen and oxygen atoms in total. The number of unbranched alkanes of at least 4 members (excludes halogenated alkanes) is 20. The van der Waals surface area contributed by atoms with Crippen molar-refractivity contribution in [3.8, 4) is 0 Å². The van der Waals surface area contributed by atoms with Gasteiger partial charge in [-0.1, -0.05) is 166 Å². The third-order valence-corrected chi connectivity index (χ3v) is 6.84.